The zero-order chi connectivity index (χ0) is 19.1. The average molecular weight is 392 g/mol. The molecule has 4 nitrogen and oxygen atoms in total. The number of sulfonamides is 1. The molecule has 0 aromatic heterocycles. The number of hydrogen-bond donors (Lipinski definition) is 0. The van der Waals surface area contributed by atoms with Crippen molar-refractivity contribution in [1.29, 1.82) is 0 Å². The van der Waals surface area contributed by atoms with Crippen molar-refractivity contribution in [2.45, 2.75) is 49.3 Å². The quantitative estimate of drug-likeness (QED) is 0.793. The van der Waals surface area contributed by atoms with Gasteiger partial charge in [-0.1, -0.05) is 69.3 Å². The van der Waals surface area contributed by atoms with E-state index in [1.165, 1.54) is 0 Å². The van der Waals surface area contributed by atoms with Crippen molar-refractivity contribution < 1.29 is 12.6 Å². The van der Waals surface area contributed by atoms with E-state index >= 15 is 0 Å². The van der Waals surface area contributed by atoms with Crippen molar-refractivity contribution in [2.75, 3.05) is 0 Å². The molecular formula is C20H25NO3S2. The molecule has 0 aliphatic carbocycles. The molecule has 1 saturated heterocycles. The van der Waals surface area contributed by atoms with Crippen LogP contribution in [0.15, 0.2) is 65.6 Å². The van der Waals surface area contributed by atoms with Crippen molar-refractivity contribution in [3.05, 3.63) is 66.2 Å². The van der Waals surface area contributed by atoms with Gasteiger partial charge in [-0.25, -0.2) is 8.42 Å². The minimum Gasteiger partial charge on any atom is -0.253 e. The minimum absolute atomic E-state index is 0.297. The maximum atomic E-state index is 13.2. The van der Waals surface area contributed by atoms with Crippen LogP contribution in [0.5, 0.6) is 0 Å². The summed E-state index contributed by atoms with van der Waals surface area (Å²) in [5, 5.41) is 0. The van der Waals surface area contributed by atoms with Gasteiger partial charge in [0.15, 0.2) is 4.58 Å². The van der Waals surface area contributed by atoms with Crippen LogP contribution in [0.25, 0.3) is 0 Å². The van der Waals surface area contributed by atoms with Crippen LogP contribution in [0.4, 0.5) is 0 Å². The van der Waals surface area contributed by atoms with Crippen LogP contribution in [-0.2, 0) is 20.8 Å². The van der Waals surface area contributed by atoms with Gasteiger partial charge in [-0.2, -0.15) is 4.31 Å². The molecule has 0 radical (unpaired) electrons. The van der Waals surface area contributed by atoms with E-state index < -0.39 is 25.4 Å². The van der Waals surface area contributed by atoms with E-state index in [2.05, 4.69) is 0 Å². The van der Waals surface area contributed by atoms with Crippen LogP contribution in [0.1, 0.15) is 39.3 Å². The van der Waals surface area contributed by atoms with Gasteiger partial charge in [0.1, 0.15) is 0 Å². The summed E-state index contributed by atoms with van der Waals surface area (Å²) < 4.78 is 40.1. The van der Waals surface area contributed by atoms with E-state index in [1.807, 2.05) is 64.1 Å². The van der Waals surface area contributed by atoms with Crippen molar-refractivity contribution in [3.8, 4) is 0 Å². The lowest BCUT2D eigenvalue weighted by atomic mass is 9.86. The normalized spacial score (nSPS) is 25.2. The zero-order valence-electron chi connectivity index (χ0n) is 15.5. The van der Waals surface area contributed by atoms with Gasteiger partial charge in [0.2, 0.25) is 10.0 Å². The molecular weight excluding hydrogens is 366 g/mol. The molecule has 6 heteroatoms. The highest BCUT2D eigenvalue weighted by Crippen LogP contribution is 2.48. The SMILES string of the molecule is C[C@@H](c1ccccc1)N1[C@H](C(C)(C)C)[C@@H]([S@](=O)c2ccccc2)S1(=O)=O. The molecule has 0 bridgehead atoms. The van der Waals surface area contributed by atoms with Crippen molar-refractivity contribution in [1.82, 2.24) is 4.31 Å². The molecule has 2 aromatic rings. The summed E-state index contributed by atoms with van der Waals surface area (Å²) >= 11 is 0. The topological polar surface area (TPSA) is 54.5 Å². The monoisotopic (exact) mass is 391 g/mol. The Morgan fingerprint density at radius 2 is 1.46 bits per heavy atom. The van der Waals surface area contributed by atoms with Gasteiger partial charge in [0.05, 0.1) is 16.8 Å². The largest absolute Gasteiger partial charge is 0.253 e. The van der Waals surface area contributed by atoms with Gasteiger partial charge in [-0.05, 0) is 30.0 Å². The maximum absolute atomic E-state index is 13.2. The fraction of sp³-hybridized carbons (Fsp3) is 0.400. The number of benzene rings is 2. The minimum atomic E-state index is -3.66. The number of nitrogens with zero attached hydrogens (tertiary/aromatic N) is 1. The lowest BCUT2D eigenvalue weighted by molar-refractivity contribution is 0.120. The van der Waals surface area contributed by atoms with E-state index in [4.69, 9.17) is 0 Å². The summed E-state index contributed by atoms with van der Waals surface area (Å²) in [5.74, 6) is 0. The Bertz CT molecular complexity index is 890. The Labute approximate surface area is 158 Å². The summed E-state index contributed by atoms with van der Waals surface area (Å²) in [7, 11) is -5.27. The highest BCUT2D eigenvalue weighted by Gasteiger charge is 2.62. The van der Waals surface area contributed by atoms with E-state index in [1.54, 1.807) is 28.6 Å². The van der Waals surface area contributed by atoms with E-state index in [0.29, 0.717) is 4.90 Å². The standard InChI is InChI=1S/C20H25NO3S2/c1-15(16-11-7-5-8-12-16)21-18(20(2,3)4)19(26(21,23)24)25(22)17-13-9-6-10-14-17/h5-15,18-19H,1-4H3/t15-,18-,19-,25+/m0/s1. The summed E-state index contributed by atoms with van der Waals surface area (Å²) in [6.07, 6.45) is 0. The second-order valence-corrected chi connectivity index (χ2v) is 11.6. The number of rotatable bonds is 4. The maximum Gasteiger partial charge on any atom is 0.231 e. The summed E-state index contributed by atoms with van der Waals surface area (Å²) in [6.45, 7) is 7.91. The van der Waals surface area contributed by atoms with E-state index in [0.717, 1.165) is 5.56 Å². The molecule has 0 spiro atoms. The van der Waals surface area contributed by atoms with Gasteiger partial charge in [0.25, 0.3) is 0 Å². The lowest BCUT2D eigenvalue weighted by Gasteiger charge is -2.54. The Kier molecular flexibility index (Phi) is 5.12. The lowest BCUT2D eigenvalue weighted by Crippen LogP contribution is -2.69. The van der Waals surface area contributed by atoms with Crippen LogP contribution in [0, 0.1) is 5.41 Å². The molecule has 1 fully saturated rings. The van der Waals surface area contributed by atoms with Crippen LogP contribution >= 0.6 is 0 Å². The van der Waals surface area contributed by atoms with Crippen LogP contribution in [0.2, 0.25) is 0 Å². The van der Waals surface area contributed by atoms with Crippen molar-refractivity contribution in [3.63, 3.8) is 0 Å². The first-order valence-electron chi connectivity index (χ1n) is 8.68. The molecule has 1 aliphatic heterocycles. The Balaban J connectivity index is 2.01. The summed E-state index contributed by atoms with van der Waals surface area (Å²) in [4.78, 5) is 0.558. The molecule has 4 atom stereocenters. The molecule has 2 aromatic carbocycles. The first-order valence-corrected chi connectivity index (χ1v) is 11.4. The summed E-state index contributed by atoms with van der Waals surface area (Å²) in [5.41, 5.74) is 0.609. The molecule has 1 heterocycles. The first kappa shape index (κ1) is 19.3. The third-order valence-corrected chi connectivity index (χ3v) is 9.50. The molecule has 0 amide bonds. The predicted molar refractivity (Wildman–Crippen MR) is 105 cm³/mol. The van der Waals surface area contributed by atoms with Crippen LogP contribution in [-0.4, -0.2) is 27.6 Å². The van der Waals surface area contributed by atoms with Crippen LogP contribution in [0.3, 0.4) is 0 Å². The van der Waals surface area contributed by atoms with Crippen molar-refractivity contribution in [2.24, 2.45) is 5.41 Å². The van der Waals surface area contributed by atoms with Crippen molar-refractivity contribution >= 4 is 20.8 Å². The van der Waals surface area contributed by atoms with Gasteiger partial charge in [0, 0.05) is 10.9 Å². The van der Waals surface area contributed by atoms with Crippen LogP contribution < -0.4 is 0 Å². The molecule has 0 unspecified atom stereocenters. The highest BCUT2D eigenvalue weighted by molar-refractivity contribution is 8.06. The van der Waals surface area contributed by atoms with E-state index in [-0.39, 0.29) is 17.5 Å². The average Bonchev–Trinajstić information content (AvgIpc) is 2.60. The molecule has 1 aliphatic rings. The number of hydrogen-bond acceptors (Lipinski definition) is 3. The smallest absolute Gasteiger partial charge is 0.231 e. The van der Waals surface area contributed by atoms with Gasteiger partial charge in [-0.15, -0.1) is 0 Å². The first-order chi connectivity index (χ1) is 12.2. The predicted octanol–water partition coefficient (Wildman–Crippen LogP) is 3.94. The fourth-order valence-electron chi connectivity index (χ4n) is 3.55. The Morgan fingerprint density at radius 1 is 0.962 bits per heavy atom. The van der Waals surface area contributed by atoms with Gasteiger partial charge < -0.3 is 0 Å². The molecule has 140 valence electrons. The molecule has 0 N–H and O–H groups in total. The highest BCUT2D eigenvalue weighted by atomic mass is 32.3. The third kappa shape index (κ3) is 3.26. The van der Waals surface area contributed by atoms with Gasteiger partial charge in [-0.3, -0.25) is 4.21 Å². The third-order valence-electron chi connectivity index (χ3n) is 4.86. The zero-order valence-corrected chi connectivity index (χ0v) is 17.1. The van der Waals surface area contributed by atoms with E-state index in [9.17, 15) is 12.6 Å². The second-order valence-electron chi connectivity index (χ2n) is 7.75. The molecule has 3 rings (SSSR count). The Morgan fingerprint density at radius 3 is 1.96 bits per heavy atom. The van der Waals surface area contributed by atoms with Gasteiger partial charge >= 0.3 is 0 Å². The fourth-order valence-corrected chi connectivity index (χ4v) is 8.83. The molecule has 26 heavy (non-hydrogen) atoms. The summed E-state index contributed by atoms with van der Waals surface area (Å²) in [6, 6.07) is 17.8. The second kappa shape index (κ2) is 6.91. The molecule has 0 saturated carbocycles. The Hall–Kier alpha value is -1.50.